The molecule has 0 aliphatic carbocycles. The molecule has 5 nitrogen and oxygen atoms in total. The van der Waals surface area contributed by atoms with E-state index < -0.39 is 10.7 Å². The van der Waals surface area contributed by atoms with Crippen molar-refractivity contribution in [2.75, 3.05) is 7.11 Å². The summed E-state index contributed by atoms with van der Waals surface area (Å²) in [6, 6.07) is 9.66. The molecule has 0 saturated heterocycles. The van der Waals surface area contributed by atoms with Crippen molar-refractivity contribution in [1.82, 2.24) is 0 Å². The van der Waals surface area contributed by atoms with Crippen LogP contribution in [0.1, 0.15) is 0 Å². The number of nitro benzene ring substituents is 1. The van der Waals surface area contributed by atoms with Crippen LogP contribution in [0.5, 0.6) is 17.2 Å². The lowest BCUT2D eigenvalue weighted by atomic mass is 10.3. The predicted molar refractivity (Wildman–Crippen MR) is 66.1 cm³/mol. The van der Waals surface area contributed by atoms with E-state index in [0.717, 1.165) is 18.2 Å². The van der Waals surface area contributed by atoms with E-state index in [1.807, 2.05) is 0 Å². The first kappa shape index (κ1) is 12.8. The van der Waals surface area contributed by atoms with Gasteiger partial charge in [-0.25, -0.2) is 4.39 Å². The standard InChI is InChI=1S/C13H10FNO4/c1-18-11-2-4-12(5-3-11)19-13-7-9(14)6-10(8-13)15(16)17/h2-8H,1H3. The number of nitrogens with zero attached hydrogens (tertiary/aromatic N) is 1. The number of non-ortho nitro benzene ring substituents is 1. The third-order valence-electron chi connectivity index (χ3n) is 2.36. The van der Waals surface area contributed by atoms with E-state index in [-0.39, 0.29) is 11.4 Å². The molecule has 2 aromatic rings. The first-order valence-electron chi connectivity index (χ1n) is 5.35. The molecule has 6 heteroatoms. The Morgan fingerprint density at radius 2 is 1.68 bits per heavy atom. The van der Waals surface area contributed by atoms with E-state index in [1.165, 1.54) is 7.11 Å². The van der Waals surface area contributed by atoms with Crippen molar-refractivity contribution in [3.05, 3.63) is 58.4 Å². The van der Waals surface area contributed by atoms with Crippen LogP contribution in [0, 0.1) is 15.9 Å². The molecule has 0 aliphatic rings. The molecule has 0 saturated carbocycles. The average molecular weight is 263 g/mol. The fraction of sp³-hybridized carbons (Fsp3) is 0.0769. The molecule has 0 heterocycles. The highest BCUT2D eigenvalue weighted by Gasteiger charge is 2.11. The van der Waals surface area contributed by atoms with Gasteiger partial charge in [0.05, 0.1) is 24.2 Å². The second kappa shape index (κ2) is 5.34. The summed E-state index contributed by atoms with van der Waals surface area (Å²) in [5.41, 5.74) is -0.358. The summed E-state index contributed by atoms with van der Waals surface area (Å²) < 4.78 is 23.5. The number of ether oxygens (including phenoxy) is 2. The number of hydrogen-bond acceptors (Lipinski definition) is 4. The summed E-state index contributed by atoms with van der Waals surface area (Å²) in [4.78, 5) is 9.93. The Hall–Kier alpha value is -2.63. The van der Waals surface area contributed by atoms with Crippen LogP contribution in [0.2, 0.25) is 0 Å². The van der Waals surface area contributed by atoms with Crippen LogP contribution >= 0.6 is 0 Å². The molecule has 0 N–H and O–H groups in total. The molecule has 0 unspecified atom stereocenters. The van der Waals surface area contributed by atoms with E-state index in [2.05, 4.69) is 0 Å². The minimum absolute atomic E-state index is 0.0665. The fourth-order valence-corrected chi connectivity index (χ4v) is 1.49. The van der Waals surface area contributed by atoms with Crippen LogP contribution in [0.25, 0.3) is 0 Å². The van der Waals surface area contributed by atoms with Gasteiger partial charge in [0.15, 0.2) is 0 Å². The normalized spacial score (nSPS) is 10.0. The molecular formula is C13H10FNO4. The topological polar surface area (TPSA) is 61.6 Å². The van der Waals surface area contributed by atoms with Gasteiger partial charge in [0.1, 0.15) is 23.1 Å². The molecule has 0 bridgehead atoms. The largest absolute Gasteiger partial charge is 0.497 e. The maximum Gasteiger partial charge on any atom is 0.276 e. The highest BCUT2D eigenvalue weighted by Crippen LogP contribution is 2.27. The lowest BCUT2D eigenvalue weighted by Crippen LogP contribution is -1.92. The highest BCUT2D eigenvalue weighted by atomic mass is 19.1. The second-order valence-corrected chi connectivity index (χ2v) is 3.68. The average Bonchev–Trinajstić information content (AvgIpc) is 2.39. The number of hydrogen-bond donors (Lipinski definition) is 0. The van der Waals surface area contributed by atoms with Gasteiger partial charge in [0.25, 0.3) is 5.69 Å². The van der Waals surface area contributed by atoms with Crippen LogP contribution in [-0.2, 0) is 0 Å². The van der Waals surface area contributed by atoms with Gasteiger partial charge in [0, 0.05) is 6.07 Å². The molecule has 0 spiro atoms. The molecule has 2 aromatic carbocycles. The summed E-state index contributed by atoms with van der Waals surface area (Å²) in [6.07, 6.45) is 0. The van der Waals surface area contributed by atoms with Crippen LogP contribution in [0.3, 0.4) is 0 Å². The van der Waals surface area contributed by atoms with Crippen LogP contribution in [0.15, 0.2) is 42.5 Å². The molecule has 0 amide bonds. The van der Waals surface area contributed by atoms with E-state index >= 15 is 0 Å². The molecule has 0 aromatic heterocycles. The van der Waals surface area contributed by atoms with Crippen molar-refractivity contribution in [2.45, 2.75) is 0 Å². The smallest absolute Gasteiger partial charge is 0.276 e. The summed E-state index contributed by atoms with van der Waals surface area (Å²) >= 11 is 0. The number of methoxy groups -OCH3 is 1. The Morgan fingerprint density at radius 3 is 2.26 bits per heavy atom. The van der Waals surface area contributed by atoms with Gasteiger partial charge in [-0.3, -0.25) is 10.1 Å². The fourth-order valence-electron chi connectivity index (χ4n) is 1.49. The highest BCUT2D eigenvalue weighted by molar-refractivity contribution is 5.42. The molecule has 0 fully saturated rings. The molecule has 19 heavy (non-hydrogen) atoms. The van der Waals surface area contributed by atoms with Crippen molar-refractivity contribution < 1.29 is 18.8 Å². The summed E-state index contributed by atoms with van der Waals surface area (Å²) in [5.74, 6) is 0.424. The molecular weight excluding hydrogens is 253 g/mol. The zero-order valence-corrected chi connectivity index (χ0v) is 10.00. The van der Waals surface area contributed by atoms with Gasteiger partial charge in [-0.15, -0.1) is 0 Å². The van der Waals surface area contributed by atoms with Crippen molar-refractivity contribution in [1.29, 1.82) is 0 Å². The Labute approximate surface area is 108 Å². The van der Waals surface area contributed by atoms with Crippen LogP contribution in [-0.4, -0.2) is 12.0 Å². The molecule has 2 rings (SSSR count). The zero-order valence-electron chi connectivity index (χ0n) is 10.00. The summed E-state index contributed by atoms with van der Waals surface area (Å²) in [5, 5.41) is 10.6. The predicted octanol–water partition coefficient (Wildman–Crippen LogP) is 3.53. The first-order valence-corrected chi connectivity index (χ1v) is 5.35. The number of nitro groups is 1. The van der Waals surface area contributed by atoms with Gasteiger partial charge >= 0.3 is 0 Å². The van der Waals surface area contributed by atoms with Crippen molar-refractivity contribution in [3.63, 3.8) is 0 Å². The third kappa shape index (κ3) is 3.19. The lowest BCUT2D eigenvalue weighted by molar-refractivity contribution is -0.385. The minimum atomic E-state index is -0.724. The van der Waals surface area contributed by atoms with Crippen LogP contribution < -0.4 is 9.47 Å². The minimum Gasteiger partial charge on any atom is -0.497 e. The van der Waals surface area contributed by atoms with Crippen molar-refractivity contribution in [2.24, 2.45) is 0 Å². The van der Waals surface area contributed by atoms with E-state index in [9.17, 15) is 14.5 Å². The van der Waals surface area contributed by atoms with Crippen LogP contribution in [0.4, 0.5) is 10.1 Å². The molecule has 0 atom stereocenters. The quantitative estimate of drug-likeness (QED) is 0.625. The van der Waals surface area contributed by atoms with E-state index in [1.54, 1.807) is 24.3 Å². The van der Waals surface area contributed by atoms with E-state index in [4.69, 9.17) is 9.47 Å². The monoisotopic (exact) mass is 263 g/mol. The van der Waals surface area contributed by atoms with Gasteiger partial charge in [-0.05, 0) is 24.3 Å². The Balaban J connectivity index is 2.24. The summed E-state index contributed by atoms with van der Waals surface area (Å²) in [6.45, 7) is 0. The molecule has 0 aliphatic heterocycles. The SMILES string of the molecule is COc1ccc(Oc2cc(F)cc([N+](=O)[O-])c2)cc1. The lowest BCUT2D eigenvalue weighted by Gasteiger charge is -2.06. The Kier molecular flexibility index (Phi) is 3.61. The van der Waals surface area contributed by atoms with Gasteiger partial charge in [0.2, 0.25) is 0 Å². The molecule has 98 valence electrons. The van der Waals surface area contributed by atoms with Crippen molar-refractivity contribution >= 4 is 5.69 Å². The second-order valence-electron chi connectivity index (χ2n) is 3.68. The van der Waals surface area contributed by atoms with Gasteiger partial charge in [-0.2, -0.15) is 0 Å². The number of benzene rings is 2. The zero-order chi connectivity index (χ0) is 13.8. The van der Waals surface area contributed by atoms with Crippen molar-refractivity contribution in [3.8, 4) is 17.2 Å². The first-order chi connectivity index (χ1) is 9.08. The van der Waals surface area contributed by atoms with Gasteiger partial charge in [-0.1, -0.05) is 0 Å². The van der Waals surface area contributed by atoms with E-state index in [0.29, 0.717) is 11.5 Å². The maximum atomic E-state index is 13.2. The third-order valence-corrected chi connectivity index (χ3v) is 2.36. The Morgan fingerprint density at radius 1 is 1.05 bits per heavy atom. The number of halogens is 1. The van der Waals surface area contributed by atoms with Gasteiger partial charge < -0.3 is 9.47 Å². The summed E-state index contributed by atoms with van der Waals surface area (Å²) in [7, 11) is 1.53. The Bertz CT molecular complexity index is 598. The maximum absolute atomic E-state index is 13.2. The number of rotatable bonds is 4. The molecule has 0 radical (unpaired) electrons.